The molecular formula is C29H22FN3O4S2. The molecule has 0 spiro atoms. The number of ketones is 1. The van der Waals surface area contributed by atoms with Crippen LogP contribution >= 0.6 is 23.1 Å². The number of nitrogens with zero attached hydrogens (tertiary/aromatic N) is 3. The molecule has 2 heterocycles. The van der Waals surface area contributed by atoms with Crippen LogP contribution in [0.15, 0.2) is 101 Å². The molecule has 1 aliphatic heterocycles. The van der Waals surface area contributed by atoms with E-state index in [1.165, 1.54) is 52.3 Å². The molecule has 1 aliphatic rings. The van der Waals surface area contributed by atoms with E-state index in [4.69, 9.17) is 4.74 Å². The summed E-state index contributed by atoms with van der Waals surface area (Å²) in [6, 6.07) is 20.8. The first kappa shape index (κ1) is 26.3. The molecule has 1 N–H and O–H groups in total. The number of halogens is 1. The van der Waals surface area contributed by atoms with E-state index in [1.54, 1.807) is 30.3 Å². The number of thioether (sulfide) groups is 1. The van der Waals surface area contributed by atoms with Gasteiger partial charge in [-0.1, -0.05) is 78.2 Å². The van der Waals surface area contributed by atoms with E-state index in [2.05, 4.69) is 16.8 Å². The zero-order chi connectivity index (χ0) is 27.4. The summed E-state index contributed by atoms with van der Waals surface area (Å²) >= 11 is 2.65. The summed E-state index contributed by atoms with van der Waals surface area (Å²) in [5.41, 5.74) is 1.75. The predicted molar refractivity (Wildman–Crippen MR) is 149 cm³/mol. The Morgan fingerprint density at radius 3 is 2.46 bits per heavy atom. The van der Waals surface area contributed by atoms with Gasteiger partial charge < -0.3 is 9.84 Å². The Hall–Kier alpha value is -4.28. The topological polar surface area (TPSA) is 92.6 Å². The van der Waals surface area contributed by atoms with Crippen molar-refractivity contribution in [2.24, 2.45) is 0 Å². The number of benzene rings is 3. The highest BCUT2D eigenvalue weighted by molar-refractivity contribution is 8.00. The fourth-order valence-electron chi connectivity index (χ4n) is 4.09. The molecule has 1 aromatic heterocycles. The lowest BCUT2D eigenvalue weighted by Crippen LogP contribution is -2.29. The van der Waals surface area contributed by atoms with Crippen molar-refractivity contribution in [1.82, 2.24) is 10.2 Å². The van der Waals surface area contributed by atoms with E-state index in [0.717, 1.165) is 5.56 Å². The van der Waals surface area contributed by atoms with Crippen molar-refractivity contribution in [2.45, 2.75) is 16.1 Å². The maximum absolute atomic E-state index is 13.5. The second-order valence-electron chi connectivity index (χ2n) is 8.47. The van der Waals surface area contributed by atoms with Crippen LogP contribution in [0.5, 0.6) is 5.75 Å². The summed E-state index contributed by atoms with van der Waals surface area (Å²) in [6.07, 6.45) is 1.62. The zero-order valence-electron chi connectivity index (χ0n) is 20.5. The van der Waals surface area contributed by atoms with Crippen LogP contribution in [0.4, 0.5) is 9.52 Å². The molecule has 7 nitrogen and oxygen atoms in total. The number of Topliss-reactive ketones (excluding diaryl/α,β-unsaturated/α-hetero) is 1. The van der Waals surface area contributed by atoms with E-state index < -0.39 is 29.3 Å². The second-order valence-corrected chi connectivity index (χ2v) is 10.6. The van der Waals surface area contributed by atoms with Crippen LogP contribution in [0.25, 0.3) is 5.76 Å². The summed E-state index contributed by atoms with van der Waals surface area (Å²) in [4.78, 5) is 27.9. The second kappa shape index (κ2) is 11.6. The molecule has 10 heteroatoms. The molecule has 1 amide bonds. The van der Waals surface area contributed by atoms with Crippen LogP contribution in [-0.2, 0) is 15.3 Å². The number of rotatable bonds is 9. The van der Waals surface area contributed by atoms with Crippen LogP contribution in [0, 0.1) is 5.82 Å². The number of anilines is 1. The van der Waals surface area contributed by atoms with Gasteiger partial charge in [0.05, 0.1) is 11.6 Å². The summed E-state index contributed by atoms with van der Waals surface area (Å²) in [5.74, 6) is -1.38. The largest absolute Gasteiger partial charge is 0.507 e. The maximum Gasteiger partial charge on any atom is 0.301 e. The third-order valence-corrected chi connectivity index (χ3v) is 8.06. The number of hydrogen-bond acceptors (Lipinski definition) is 8. The molecule has 5 rings (SSSR count). The van der Waals surface area contributed by atoms with Crippen LogP contribution < -0.4 is 9.64 Å². The van der Waals surface area contributed by atoms with Crippen molar-refractivity contribution in [3.8, 4) is 5.75 Å². The Balaban J connectivity index is 1.53. The van der Waals surface area contributed by atoms with Gasteiger partial charge >= 0.3 is 5.91 Å². The van der Waals surface area contributed by atoms with Crippen molar-refractivity contribution in [1.29, 1.82) is 0 Å². The van der Waals surface area contributed by atoms with Gasteiger partial charge in [-0.05, 0) is 47.5 Å². The number of aliphatic hydroxyl groups excluding tert-OH is 1. The number of carbonyl (C=O) groups excluding carboxylic acids is 2. The number of aliphatic hydroxyl groups is 1. The Bertz CT molecular complexity index is 1540. The summed E-state index contributed by atoms with van der Waals surface area (Å²) in [6.45, 7) is 3.95. The third-order valence-electron chi connectivity index (χ3n) is 5.93. The molecule has 1 atom stereocenters. The highest BCUT2D eigenvalue weighted by Gasteiger charge is 2.48. The van der Waals surface area contributed by atoms with Gasteiger partial charge in [0.1, 0.15) is 23.9 Å². The minimum absolute atomic E-state index is 0.125. The van der Waals surface area contributed by atoms with E-state index in [0.29, 0.717) is 28.0 Å². The molecule has 39 heavy (non-hydrogen) atoms. The normalized spacial score (nSPS) is 16.4. The highest BCUT2D eigenvalue weighted by atomic mass is 32.2. The molecule has 3 aromatic carbocycles. The van der Waals surface area contributed by atoms with Gasteiger partial charge in [0.2, 0.25) is 5.13 Å². The zero-order valence-corrected chi connectivity index (χ0v) is 22.1. The SMILES string of the molecule is C=CCOc1ccc(C2/C(=C(/O)c3ccc(F)cc3)C(=O)C(=O)N2c2nnc(SCc3ccccc3)s2)cc1. The van der Waals surface area contributed by atoms with Crippen molar-refractivity contribution in [3.05, 3.63) is 120 Å². The Kier molecular flexibility index (Phi) is 7.85. The molecule has 196 valence electrons. The van der Waals surface area contributed by atoms with Gasteiger partial charge in [0.25, 0.3) is 5.78 Å². The monoisotopic (exact) mass is 559 g/mol. The minimum atomic E-state index is -0.983. The van der Waals surface area contributed by atoms with Gasteiger partial charge in [0.15, 0.2) is 4.34 Å². The van der Waals surface area contributed by atoms with E-state index in [-0.39, 0.29) is 16.3 Å². The number of aromatic nitrogens is 2. The molecule has 0 aliphatic carbocycles. The summed E-state index contributed by atoms with van der Waals surface area (Å²) in [5, 5.41) is 19.8. The maximum atomic E-state index is 13.5. The molecular weight excluding hydrogens is 537 g/mol. The van der Waals surface area contributed by atoms with Crippen LogP contribution in [-0.4, -0.2) is 33.6 Å². The molecule has 1 unspecified atom stereocenters. The molecule has 0 saturated carbocycles. The fourth-order valence-corrected chi connectivity index (χ4v) is 5.91. The van der Waals surface area contributed by atoms with Crippen LogP contribution in [0.2, 0.25) is 0 Å². The van der Waals surface area contributed by atoms with Crippen molar-refractivity contribution in [2.75, 3.05) is 11.5 Å². The van der Waals surface area contributed by atoms with Crippen LogP contribution in [0.1, 0.15) is 22.7 Å². The van der Waals surface area contributed by atoms with Crippen molar-refractivity contribution >= 4 is 45.7 Å². The number of carbonyl (C=O) groups is 2. The highest BCUT2D eigenvalue weighted by Crippen LogP contribution is 2.44. The molecule has 0 bridgehead atoms. The number of ether oxygens (including phenoxy) is 1. The van der Waals surface area contributed by atoms with E-state index in [9.17, 15) is 19.1 Å². The molecule has 1 fully saturated rings. The summed E-state index contributed by atoms with van der Waals surface area (Å²) in [7, 11) is 0. The first-order valence-corrected chi connectivity index (χ1v) is 13.7. The van der Waals surface area contributed by atoms with E-state index in [1.807, 2.05) is 30.3 Å². The molecule has 4 aromatic rings. The van der Waals surface area contributed by atoms with Crippen LogP contribution in [0.3, 0.4) is 0 Å². The van der Waals surface area contributed by atoms with Crippen molar-refractivity contribution in [3.63, 3.8) is 0 Å². The molecule has 0 radical (unpaired) electrons. The van der Waals surface area contributed by atoms with Gasteiger partial charge in [-0.15, -0.1) is 10.2 Å². The lowest BCUT2D eigenvalue weighted by molar-refractivity contribution is -0.132. The average Bonchev–Trinajstić information content (AvgIpc) is 3.53. The Labute approximate surface area is 232 Å². The Morgan fingerprint density at radius 1 is 1.05 bits per heavy atom. The van der Waals surface area contributed by atoms with Gasteiger partial charge in [-0.25, -0.2) is 4.39 Å². The lowest BCUT2D eigenvalue weighted by Gasteiger charge is -2.22. The Morgan fingerprint density at radius 2 is 1.77 bits per heavy atom. The quantitative estimate of drug-likeness (QED) is 0.0656. The summed E-state index contributed by atoms with van der Waals surface area (Å²) < 4.78 is 19.7. The number of hydrogen-bond donors (Lipinski definition) is 1. The van der Waals surface area contributed by atoms with Crippen molar-refractivity contribution < 1.29 is 23.8 Å². The first-order chi connectivity index (χ1) is 19.0. The average molecular weight is 560 g/mol. The first-order valence-electron chi connectivity index (χ1n) is 11.9. The van der Waals surface area contributed by atoms with Gasteiger partial charge in [0, 0.05) is 11.3 Å². The lowest BCUT2D eigenvalue weighted by atomic mass is 9.95. The molecule has 1 saturated heterocycles. The third kappa shape index (κ3) is 5.62. The predicted octanol–water partition coefficient (Wildman–Crippen LogP) is 6.16. The van der Waals surface area contributed by atoms with Gasteiger partial charge in [-0.3, -0.25) is 14.5 Å². The number of amides is 1. The van der Waals surface area contributed by atoms with Gasteiger partial charge in [-0.2, -0.15) is 0 Å². The fraction of sp³-hybridized carbons (Fsp3) is 0.103. The standard InChI is InChI=1S/C29H22FN3O4S2/c1-2-16-37-22-14-10-19(11-15-22)24-23(25(34)20-8-12-21(30)13-9-20)26(35)27(36)33(24)28-31-32-29(39-28)38-17-18-6-4-3-5-7-18/h2-15,24,34H,1,16-17H2/b25-23-. The van der Waals surface area contributed by atoms with E-state index >= 15 is 0 Å². The minimum Gasteiger partial charge on any atom is -0.507 e. The smallest absolute Gasteiger partial charge is 0.301 e.